The largest absolute Gasteiger partial charge is 0.399 e. The molecule has 0 radical (unpaired) electrons. The van der Waals surface area contributed by atoms with Gasteiger partial charge in [0, 0.05) is 12.1 Å². The zero-order valence-electron chi connectivity index (χ0n) is 9.57. The van der Waals surface area contributed by atoms with Gasteiger partial charge in [0.2, 0.25) is 5.91 Å². The lowest BCUT2D eigenvalue weighted by Crippen LogP contribution is -2.26. The quantitative estimate of drug-likeness (QED) is 0.761. The predicted octanol–water partition coefficient (Wildman–Crippen LogP) is 2.25. The lowest BCUT2D eigenvalue weighted by atomic mass is 10.1. The van der Waals surface area contributed by atoms with Crippen molar-refractivity contribution in [1.82, 2.24) is 5.32 Å². The van der Waals surface area contributed by atoms with Crippen LogP contribution in [0.4, 0.5) is 5.69 Å². The molecule has 3 N–H and O–H groups in total. The zero-order valence-corrected chi connectivity index (χ0v) is 9.57. The van der Waals surface area contributed by atoms with Gasteiger partial charge in [0.05, 0.1) is 6.04 Å². The van der Waals surface area contributed by atoms with E-state index < -0.39 is 0 Å². The number of carbonyl (C=O) groups excluding carboxylic acids is 1. The summed E-state index contributed by atoms with van der Waals surface area (Å²) in [5.74, 6) is 0.783. The number of hydrogen-bond acceptors (Lipinski definition) is 2. The van der Waals surface area contributed by atoms with Crippen molar-refractivity contribution in [1.29, 1.82) is 0 Å². The molecule has 0 saturated heterocycles. The van der Waals surface area contributed by atoms with Gasteiger partial charge in [-0.1, -0.05) is 12.1 Å². The van der Waals surface area contributed by atoms with Crippen LogP contribution in [0.5, 0.6) is 0 Å². The molecule has 1 amide bonds. The molecule has 0 aromatic heterocycles. The Bertz CT molecular complexity index is 385. The highest BCUT2D eigenvalue weighted by atomic mass is 16.1. The first-order valence-electron chi connectivity index (χ1n) is 5.80. The topological polar surface area (TPSA) is 55.1 Å². The molecule has 3 heteroatoms. The van der Waals surface area contributed by atoms with E-state index in [1.165, 1.54) is 12.8 Å². The molecule has 0 heterocycles. The Labute approximate surface area is 96.0 Å². The average Bonchev–Trinajstić information content (AvgIpc) is 3.01. The van der Waals surface area contributed by atoms with E-state index in [0.717, 1.165) is 11.3 Å². The number of nitrogen functional groups attached to an aromatic ring is 1. The van der Waals surface area contributed by atoms with Crippen molar-refractivity contribution in [3.05, 3.63) is 29.8 Å². The van der Waals surface area contributed by atoms with Crippen LogP contribution in [0, 0.1) is 5.92 Å². The van der Waals surface area contributed by atoms with Gasteiger partial charge < -0.3 is 11.1 Å². The zero-order chi connectivity index (χ0) is 11.5. The number of nitrogens with two attached hydrogens (primary N) is 1. The third kappa shape index (κ3) is 2.99. The number of anilines is 1. The molecule has 0 aliphatic heterocycles. The van der Waals surface area contributed by atoms with E-state index in [1.54, 1.807) is 0 Å². The second kappa shape index (κ2) is 4.56. The molecular formula is C13H18N2O. The van der Waals surface area contributed by atoms with E-state index in [9.17, 15) is 4.79 Å². The molecule has 1 aliphatic rings. The van der Waals surface area contributed by atoms with E-state index in [-0.39, 0.29) is 11.9 Å². The molecule has 1 fully saturated rings. The van der Waals surface area contributed by atoms with Gasteiger partial charge in [0.15, 0.2) is 0 Å². The number of amides is 1. The van der Waals surface area contributed by atoms with Crippen molar-refractivity contribution in [3.8, 4) is 0 Å². The van der Waals surface area contributed by atoms with E-state index >= 15 is 0 Å². The Morgan fingerprint density at radius 3 is 2.94 bits per heavy atom. The van der Waals surface area contributed by atoms with E-state index in [1.807, 2.05) is 31.2 Å². The molecule has 3 nitrogen and oxygen atoms in total. The molecule has 0 bridgehead atoms. The Kier molecular flexibility index (Phi) is 3.13. The summed E-state index contributed by atoms with van der Waals surface area (Å²) in [5.41, 5.74) is 7.50. The molecule has 0 spiro atoms. The van der Waals surface area contributed by atoms with Crippen LogP contribution in [0.3, 0.4) is 0 Å². The monoisotopic (exact) mass is 218 g/mol. The van der Waals surface area contributed by atoms with Crippen LogP contribution in [0.1, 0.15) is 37.8 Å². The standard InChI is InChI=1S/C13H18N2O/c1-9(11-3-2-4-12(14)8-11)15-13(16)7-10-5-6-10/h2-4,8-10H,5-7,14H2,1H3,(H,15,16). The normalized spacial score (nSPS) is 16.8. The highest BCUT2D eigenvalue weighted by Gasteiger charge is 2.24. The fraction of sp³-hybridized carbons (Fsp3) is 0.462. The molecular weight excluding hydrogens is 200 g/mol. The number of carbonyl (C=O) groups is 1. The minimum Gasteiger partial charge on any atom is -0.399 e. The van der Waals surface area contributed by atoms with Crippen LogP contribution in [-0.4, -0.2) is 5.91 Å². The van der Waals surface area contributed by atoms with Gasteiger partial charge in [-0.05, 0) is 43.4 Å². The maximum absolute atomic E-state index is 11.6. The maximum Gasteiger partial charge on any atom is 0.220 e. The lowest BCUT2D eigenvalue weighted by molar-refractivity contribution is -0.122. The molecule has 1 aromatic rings. The summed E-state index contributed by atoms with van der Waals surface area (Å²) in [6.07, 6.45) is 3.09. The predicted molar refractivity (Wildman–Crippen MR) is 64.8 cm³/mol. The third-order valence-corrected chi connectivity index (χ3v) is 2.96. The molecule has 1 aliphatic carbocycles. The second-order valence-corrected chi connectivity index (χ2v) is 4.61. The summed E-state index contributed by atoms with van der Waals surface area (Å²) in [7, 11) is 0. The fourth-order valence-corrected chi connectivity index (χ4v) is 1.80. The van der Waals surface area contributed by atoms with E-state index in [0.29, 0.717) is 12.3 Å². The van der Waals surface area contributed by atoms with Gasteiger partial charge in [-0.25, -0.2) is 0 Å². The van der Waals surface area contributed by atoms with Crippen molar-refractivity contribution >= 4 is 11.6 Å². The molecule has 1 atom stereocenters. The van der Waals surface area contributed by atoms with Crippen molar-refractivity contribution < 1.29 is 4.79 Å². The van der Waals surface area contributed by atoms with Crippen LogP contribution < -0.4 is 11.1 Å². The van der Waals surface area contributed by atoms with Gasteiger partial charge in [-0.3, -0.25) is 4.79 Å². The highest BCUT2D eigenvalue weighted by Crippen LogP contribution is 2.32. The molecule has 1 unspecified atom stereocenters. The lowest BCUT2D eigenvalue weighted by Gasteiger charge is -2.14. The molecule has 16 heavy (non-hydrogen) atoms. The van der Waals surface area contributed by atoms with Gasteiger partial charge in [-0.2, -0.15) is 0 Å². The Morgan fingerprint density at radius 2 is 2.31 bits per heavy atom. The molecule has 1 aromatic carbocycles. The van der Waals surface area contributed by atoms with Gasteiger partial charge in [-0.15, -0.1) is 0 Å². The second-order valence-electron chi connectivity index (χ2n) is 4.61. The van der Waals surface area contributed by atoms with Crippen LogP contribution >= 0.6 is 0 Å². The number of nitrogens with one attached hydrogen (secondary N) is 1. The smallest absolute Gasteiger partial charge is 0.220 e. The first kappa shape index (κ1) is 11.0. The minimum absolute atomic E-state index is 0.0368. The minimum atomic E-state index is 0.0368. The van der Waals surface area contributed by atoms with E-state index in [2.05, 4.69) is 5.32 Å². The van der Waals surface area contributed by atoms with Gasteiger partial charge in [0.1, 0.15) is 0 Å². The number of benzene rings is 1. The summed E-state index contributed by atoms with van der Waals surface area (Å²) in [4.78, 5) is 11.6. The van der Waals surface area contributed by atoms with Crippen LogP contribution in [0.2, 0.25) is 0 Å². The first-order valence-corrected chi connectivity index (χ1v) is 5.80. The van der Waals surface area contributed by atoms with Crippen molar-refractivity contribution in [2.45, 2.75) is 32.2 Å². The van der Waals surface area contributed by atoms with Gasteiger partial charge in [0.25, 0.3) is 0 Å². The summed E-state index contributed by atoms with van der Waals surface area (Å²) >= 11 is 0. The van der Waals surface area contributed by atoms with Crippen molar-refractivity contribution in [2.24, 2.45) is 5.92 Å². The third-order valence-electron chi connectivity index (χ3n) is 2.96. The van der Waals surface area contributed by atoms with Crippen molar-refractivity contribution in [2.75, 3.05) is 5.73 Å². The maximum atomic E-state index is 11.6. The van der Waals surface area contributed by atoms with Crippen LogP contribution in [-0.2, 0) is 4.79 Å². The number of rotatable bonds is 4. The van der Waals surface area contributed by atoms with Crippen LogP contribution in [0.25, 0.3) is 0 Å². The number of hydrogen-bond donors (Lipinski definition) is 2. The highest BCUT2D eigenvalue weighted by molar-refractivity contribution is 5.77. The fourth-order valence-electron chi connectivity index (χ4n) is 1.80. The molecule has 2 rings (SSSR count). The summed E-state index contributed by atoms with van der Waals surface area (Å²) in [5, 5.41) is 3.00. The first-order chi connectivity index (χ1) is 7.65. The Balaban J connectivity index is 1.91. The SMILES string of the molecule is CC(NC(=O)CC1CC1)c1cccc(N)c1. The summed E-state index contributed by atoms with van der Waals surface area (Å²) in [6.45, 7) is 1.99. The van der Waals surface area contributed by atoms with Crippen molar-refractivity contribution in [3.63, 3.8) is 0 Å². The van der Waals surface area contributed by atoms with E-state index in [4.69, 9.17) is 5.73 Å². The Morgan fingerprint density at radius 1 is 1.56 bits per heavy atom. The summed E-state index contributed by atoms with van der Waals surface area (Å²) in [6, 6.07) is 7.69. The van der Waals surface area contributed by atoms with Gasteiger partial charge >= 0.3 is 0 Å². The van der Waals surface area contributed by atoms with Crippen LogP contribution in [0.15, 0.2) is 24.3 Å². The molecule has 1 saturated carbocycles. The summed E-state index contributed by atoms with van der Waals surface area (Å²) < 4.78 is 0. The average molecular weight is 218 g/mol. The Hall–Kier alpha value is -1.51. The molecule has 86 valence electrons.